The summed E-state index contributed by atoms with van der Waals surface area (Å²) in [5, 5.41) is 0.606. The summed E-state index contributed by atoms with van der Waals surface area (Å²) in [6.45, 7) is 2.79. The standard InChI is InChI=1S/C10H12BrF3N2/c1-2-16(7-5-11)9-8(10(12,13)14)4-3-6-15-9/h3-4,6H,2,5,7H2,1H3. The molecule has 0 spiro atoms. The van der Waals surface area contributed by atoms with E-state index in [1.807, 2.05) is 0 Å². The summed E-state index contributed by atoms with van der Waals surface area (Å²) in [5.74, 6) is -0.00282. The average molecular weight is 297 g/mol. The highest BCUT2D eigenvalue weighted by molar-refractivity contribution is 9.09. The Morgan fingerprint density at radius 3 is 2.62 bits per heavy atom. The Labute approximate surface area is 101 Å². The number of nitrogens with zero attached hydrogens (tertiary/aromatic N) is 2. The first kappa shape index (κ1) is 13.3. The van der Waals surface area contributed by atoms with Crippen molar-refractivity contribution in [2.75, 3.05) is 23.3 Å². The van der Waals surface area contributed by atoms with Crippen LogP contribution >= 0.6 is 15.9 Å². The maximum absolute atomic E-state index is 12.7. The third-order valence-corrected chi connectivity index (χ3v) is 2.48. The lowest BCUT2D eigenvalue weighted by Gasteiger charge is -2.24. The lowest BCUT2D eigenvalue weighted by atomic mass is 10.2. The summed E-state index contributed by atoms with van der Waals surface area (Å²) < 4.78 is 38.1. The van der Waals surface area contributed by atoms with Crippen LogP contribution in [0.2, 0.25) is 0 Å². The molecule has 0 saturated carbocycles. The van der Waals surface area contributed by atoms with Gasteiger partial charge in [-0.05, 0) is 19.1 Å². The van der Waals surface area contributed by atoms with Gasteiger partial charge < -0.3 is 4.90 Å². The second-order valence-electron chi connectivity index (χ2n) is 3.14. The Morgan fingerprint density at radius 1 is 1.44 bits per heavy atom. The van der Waals surface area contributed by atoms with Crippen molar-refractivity contribution in [3.8, 4) is 0 Å². The first-order valence-electron chi connectivity index (χ1n) is 4.83. The van der Waals surface area contributed by atoms with Crippen LogP contribution in [0.4, 0.5) is 19.0 Å². The van der Waals surface area contributed by atoms with E-state index in [1.165, 1.54) is 12.3 Å². The summed E-state index contributed by atoms with van der Waals surface area (Å²) >= 11 is 3.21. The van der Waals surface area contributed by atoms with E-state index in [2.05, 4.69) is 20.9 Å². The first-order valence-corrected chi connectivity index (χ1v) is 5.96. The molecule has 1 aromatic heterocycles. The summed E-state index contributed by atoms with van der Waals surface area (Å²) in [5.41, 5.74) is -0.683. The predicted octanol–water partition coefficient (Wildman–Crippen LogP) is 3.32. The van der Waals surface area contributed by atoms with E-state index >= 15 is 0 Å². The van der Waals surface area contributed by atoms with E-state index < -0.39 is 11.7 Å². The normalized spacial score (nSPS) is 11.6. The van der Waals surface area contributed by atoms with Gasteiger partial charge in [-0.3, -0.25) is 0 Å². The van der Waals surface area contributed by atoms with Crippen molar-refractivity contribution in [1.29, 1.82) is 0 Å². The van der Waals surface area contributed by atoms with Crippen LogP contribution < -0.4 is 4.90 Å². The van der Waals surface area contributed by atoms with Crippen molar-refractivity contribution in [2.45, 2.75) is 13.1 Å². The minimum Gasteiger partial charge on any atom is -0.356 e. The fourth-order valence-corrected chi connectivity index (χ4v) is 1.81. The van der Waals surface area contributed by atoms with Crippen molar-refractivity contribution in [3.05, 3.63) is 23.9 Å². The number of rotatable bonds is 4. The third kappa shape index (κ3) is 3.10. The molecule has 0 aromatic carbocycles. The summed E-state index contributed by atoms with van der Waals surface area (Å²) in [4.78, 5) is 5.41. The number of pyridine rings is 1. The van der Waals surface area contributed by atoms with Crippen LogP contribution in [0.1, 0.15) is 12.5 Å². The molecule has 0 N–H and O–H groups in total. The molecule has 0 amide bonds. The minimum atomic E-state index is -4.36. The Morgan fingerprint density at radius 2 is 2.12 bits per heavy atom. The van der Waals surface area contributed by atoms with Crippen LogP contribution in [0.25, 0.3) is 0 Å². The monoisotopic (exact) mass is 296 g/mol. The molecular formula is C10H12BrF3N2. The molecule has 0 atom stereocenters. The van der Waals surface area contributed by atoms with Gasteiger partial charge in [-0.15, -0.1) is 0 Å². The zero-order chi connectivity index (χ0) is 12.2. The third-order valence-electron chi connectivity index (χ3n) is 2.13. The first-order chi connectivity index (χ1) is 7.50. The van der Waals surface area contributed by atoms with Crippen molar-refractivity contribution < 1.29 is 13.2 Å². The van der Waals surface area contributed by atoms with Crippen molar-refractivity contribution in [2.24, 2.45) is 0 Å². The van der Waals surface area contributed by atoms with Gasteiger partial charge in [0.15, 0.2) is 0 Å². The summed E-state index contributed by atoms with van der Waals surface area (Å²) in [6, 6.07) is 2.35. The Kier molecular flexibility index (Phi) is 4.58. The molecule has 16 heavy (non-hydrogen) atoms. The molecule has 0 fully saturated rings. The van der Waals surface area contributed by atoms with Crippen molar-refractivity contribution >= 4 is 21.7 Å². The fraction of sp³-hybridized carbons (Fsp3) is 0.500. The highest BCUT2D eigenvalue weighted by Crippen LogP contribution is 2.34. The Bertz CT molecular complexity index is 341. The molecule has 1 aromatic rings. The number of hydrogen-bond acceptors (Lipinski definition) is 2. The van der Waals surface area contributed by atoms with Gasteiger partial charge in [-0.1, -0.05) is 15.9 Å². The lowest BCUT2D eigenvalue weighted by Crippen LogP contribution is -2.28. The largest absolute Gasteiger partial charge is 0.419 e. The molecule has 0 unspecified atom stereocenters. The molecular weight excluding hydrogens is 285 g/mol. The summed E-state index contributed by atoms with van der Waals surface area (Å²) in [6.07, 6.45) is -2.98. The van der Waals surface area contributed by atoms with Gasteiger partial charge in [0, 0.05) is 24.6 Å². The number of halogens is 4. The molecule has 0 bridgehead atoms. The Balaban J connectivity index is 3.11. The van der Waals surface area contributed by atoms with Gasteiger partial charge in [-0.2, -0.15) is 13.2 Å². The smallest absolute Gasteiger partial charge is 0.356 e. The number of aromatic nitrogens is 1. The molecule has 1 heterocycles. The number of alkyl halides is 4. The molecule has 0 aliphatic heterocycles. The van der Waals surface area contributed by atoms with E-state index in [4.69, 9.17) is 0 Å². The molecule has 0 radical (unpaired) electrons. The van der Waals surface area contributed by atoms with E-state index in [1.54, 1.807) is 11.8 Å². The highest BCUT2D eigenvalue weighted by Gasteiger charge is 2.35. The second-order valence-corrected chi connectivity index (χ2v) is 3.93. The van der Waals surface area contributed by atoms with Gasteiger partial charge in [0.05, 0.1) is 5.56 Å². The Hall–Kier alpha value is -0.780. The van der Waals surface area contributed by atoms with Gasteiger partial charge in [0.1, 0.15) is 5.82 Å². The van der Waals surface area contributed by atoms with E-state index in [-0.39, 0.29) is 5.82 Å². The van der Waals surface area contributed by atoms with E-state index in [0.717, 1.165) is 6.07 Å². The zero-order valence-electron chi connectivity index (χ0n) is 8.76. The van der Waals surface area contributed by atoms with Gasteiger partial charge in [0.2, 0.25) is 0 Å². The molecule has 1 rings (SSSR count). The van der Waals surface area contributed by atoms with Gasteiger partial charge in [0.25, 0.3) is 0 Å². The molecule has 0 saturated heterocycles. The molecule has 2 nitrogen and oxygen atoms in total. The number of hydrogen-bond donors (Lipinski definition) is 0. The van der Waals surface area contributed by atoms with Crippen LogP contribution in [0.3, 0.4) is 0 Å². The second kappa shape index (κ2) is 5.52. The van der Waals surface area contributed by atoms with Gasteiger partial charge in [-0.25, -0.2) is 4.98 Å². The topological polar surface area (TPSA) is 16.1 Å². The van der Waals surface area contributed by atoms with E-state index in [0.29, 0.717) is 18.4 Å². The quantitative estimate of drug-likeness (QED) is 0.793. The van der Waals surface area contributed by atoms with E-state index in [9.17, 15) is 13.2 Å². The fourth-order valence-electron chi connectivity index (χ4n) is 1.39. The average Bonchev–Trinajstić information content (AvgIpc) is 2.25. The molecule has 6 heteroatoms. The molecule has 90 valence electrons. The van der Waals surface area contributed by atoms with Crippen LogP contribution in [-0.2, 0) is 6.18 Å². The zero-order valence-corrected chi connectivity index (χ0v) is 10.3. The van der Waals surface area contributed by atoms with Crippen LogP contribution in [-0.4, -0.2) is 23.4 Å². The van der Waals surface area contributed by atoms with Crippen LogP contribution in [0.15, 0.2) is 18.3 Å². The van der Waals surface area contributed by atoms with Gasteiger partial charge >= 0.3 is 6.18 Å². The maximum atomic E-state index is 12.7. The number of anilines is 1. The van der Waals surface area contributed by atoms with Crippen molar-refractivity contribution in [3.63, 3.8) is 0 Å². The SMILES string of the molecule is CCN(CCBr)c1ncccc1C(F)(F)F. The van der Waals surface area contributed by atoms with Crippen LogP contribution in [0.5, 0.6) is 0 Å². The minimum absolute atomic E-state index is 0.00282. The molecule has 0 aliphatic rings. The maximum Gasteiger partial charge on any atom is 0.419 e. The lowest BCUT2D eigenvalue weighted by molar-refractivity contribution is -0.137. The highest BCUT2D eigenvalue weighted by atomic mass is 79.9. The summed E-state index contributed by atoms with van der Waals surface area (Å²) in [7, 11) is 0. The predicted molar refractivity (Wildman–Crippen MR) is 60.9 cm³/mol. The van der Waals surface area contributed by atoms with Crippen molar-refractivity contribution in [1.82, 2.24) is 4.98 Å². The van der Waals surface area contributed by atoms with Crippen LogP contribution in [0, 0.1) is 0 Å². The molecule has 0 aliphatic carbocycles.